The summed E-state index contributed by atoms with van der Waals surface area (Å²) in [5.41, 5.74) is -0.694. The van der Waals surface area contributed by atoms with Crippen molar-refractivity contribution in [2.75, 3.05) is 13.6 Å². The van der Waals surface area contributed by atoms with E-state index in [9.17, 15) is 24.5 Å². The molecule has 1 saturated heterocycles. The van der Waals surface area contributed by atoms with Crippen LogP contribution in [0.1, 0.15) is 48.1 Å². The summed E-state index contributed by atoms with van der Waals surface area (Å²) in [4.78, 5) is 55.3. The number of nitro benzene ring substituents is 1. The molecule has 6 rings (SSSR count). The molecule has 0 amide bonds. The highest BCUT2D eigenvalue weighted by molar-refractivity contribution is 6.36. The van der Waals surface area contributed by atoms with Gasteiger partial charge >= 0.3 is 0 Å². The van der Waals surface area contributed by atoms with Crippen LogP contribution in [0, 0.1) is 15.5 Å². The zero-order chi connectivity index (χ0) is 23.8. The number of rotatable bonds is 2. The molecule has 7 nitrogen and oxygen atoms in total. The molecule has 3 aromatic rings. The molecule has 0 aromatic heterocycles. The zero-order valence-corrected chi connectivity index (χ0v) is 18.4. The van der Waals surface area contributed by atoms with E-state index in [1.54, 1.807) is 60.5 Å². The van der Waals surface area contributed by atoms with Gasteiger partial charge in [0.1, 0.15) is 0 Å². The maximum absolute atomic E-state index is 14.3. The predicted molar refractivity (Wildman–Crippen MR) is 123 cm³/mol. The third-order valence-electron chi connectivity index (χ3n) is 7.96. The fourth-order valence-electron chi connectivity index (χ4n) is 6.62. The van der Waals surface area contributed by atoms with Gasteiger partial charge in [0, 0.05) is 41.3 Å². The quantitative estimate of drug-likeness (QED) is 0.333. The number of Topliss-reactive ketones (excluding diaryl/α,β-unsaturated/α-hetero) is 3. The van der Waals surface area contributed by atoms with Gasteiger partial charge in [-0.25, -0.2) is 0 Å². The van der Waals surface area contributed by atoms with Gasteiger partial charge in [0.05, 0.1) is 10.3 Å². The largest absolute Gasteiger partial charge is 0.293 e. The minimum absolute atomic E-state index is 0.0911. The maximum atomic E-state index is 14.3. The Bertz CT molecular complexity index is 1410. The van der Waals surface area contributed by atoms with Crippen molar-refractivity contribution in [3.05, 3.63) is 111 Å². The van der Waals surface area contributed by atoms with Gasteiger partial charge in [-0.15, -0.1) is 0 Å². The highest BCUT2D eigenvalue weighted by atomic mass is 16.6. The molecule has 34 heavy (non-hydrogen) atoms. The Morgan fingerprint density at radius 3 is 2.09 bits per heavy atom. The highest BCUT2D eigenvalue weighted by Crippen LogP contribution is 2.63. The van der Waals surface area contributed by atoms with Crippen LogP contribution in [0.3, 0.4) is 0 Å². The Labute approximate surface area is 195 Å². The number of likely N-dealkylation sites (N-methyl/N-ethyl adjacent to an activating group) is 1. The Hall–Kier alpha value is -3.97. The molecule has 7 heteroatoms. The van der Waals surface area contributed by atoms with Crippen molar-refractivity contribution in [3.8, 4) is 0 Å². The second kappa shape index (κ2) is 6.77. The molecular formula is C27H20N2O5. The minimum Gasteiger partial charge on any atom is -0.293 e. The van der Waals surface area contributed by atoms with Crippen LogP contribution < -0.4 is 0 Å². The molecule has 168 valence electrons. The number of ketones is 3. The Morgan fingerprint density at radius 2 is 1.47 bits per heavy atom. The summed E-state index contributed by atoms with van der Waals surface area (Å²) in [5.74, 6) is -1.58. The second-order valence-corrected chi connectivity index (χ2v) is 9.33. The van der Waals surface area contributed by atoms with Gasteiger partial charge in [-0.2, -0.15) is 0 Å². The van der Waals surface area contributed by atoms with Crippen molar-refractivity contribution in [3.63, 3.8) is 0 Å². The average Bonchev–Trinajstić information content (AvgIpc) is 3.38. The monoisotopic (exact) mass is 452 g/mol. The standard InChI is InChI=1S/C27H20N2O5/c1-28-15-22(16-8-6-9-18(13-16)29(33)34)26(14-17-7-2-3-10-19(17)23(26)30)27(28)24(31)20-11-4-5-12-21(20)25(27)32/h2-13,22H,14-15H2,1H3. The van der Waals surface area contributed by atoms with Crippen LogP contribution in [-0.2, 0) is 6.42 Å². The first-order chi connectivity index (χ1) is 16.3. The predicted octanol–water partition coefficient (Wildman–Crippen LogP) is 3.87. The summed E-state index contributed by atoms with van der Waals surface area (Å²) in [5, 5.41) is 11.5. The first-order valence-electron chi connectivity index (χ1n) is 11.1. The number of non-ortho nitro benzene ring substituents is 1. The van der Waals surface area contributed by atoms with E-state index >= 15 is 0 Å². The van der Waals surface area contributed by atoms with Crippen LogP contribution in [0.25, 0.3) is 0 Å². The van der Waals surface area contributed by atoms with Gasteiger partial charge in [-0.3, -0.25) is 29.4 Å². The molecule has 2 spiro atoms. The zero-order valence-electron chi connectivity index (χ0n) is 18.4. The molecular weight excluding hydrogens is 432 g/mol. The van der Waals surface area contributed by atoms with Crippen molar-refractivity contribution in [1.29, 1.82) is 0 Å². The SMILES string of the molecule is CN1CC(c2cccc([N+](=O)[O-])c2)C2(Cc3ccccc3C2=O)C12C(=O)c1ccccc1C2=O. The lowest BCUT2D eigenvalue weighted by atomic mass is 9.59. The van der Waals surface area contributed by atoms with Gasteiger partial charge in [0.15, 0.2) is 22.9 Å². The Balaban J connectivity index is 1.65. The molecule has 3 aliphatic rings. The highest BCUT2D eigenvalue weighted by Gasteiger charge is 2.77. The Morgan fingerprint density at radius 1 is 0.853 bits per heavy atom. The van der Waals surface area contributed by atoms with Crippen LogP contribution in [-0.4, -0.2) is 46.3 Å². The van der Waals surface area contributed by atoms with E-state index in [1.807, 2.05) is 12.1 Å². The molecule has 0 bridgehead atoms. The maximum Gasteiger partial charge on any atom is 0.269 e. The van der Waals surface area contributed by atoms with E-state index < -0.39 is 21.8 Å². The first-order valence-corrected chi connectivity index (χ1v) is 11.1. The number of hydrogen-bond donors (Lipinski definition) is 0. The number of carbonyl (C=O) groups is 3. The summed E-state index contributed by atoms with van der Waals surface area (Å²) in [6.07, 6.45) is 0.213. The number of fused-ring (bicyclic) bond motifs is 3. The second-order valence-electron chi connectivity index (χ2n) is 9.33. The summed E-state index contributed by atoms with van der Waals surface area (Å²) >= 11 is 0. The molecule has 0 N–H and O–H groups in total. The van der Waals surface area contributed by atoms with Crippen LogP contribution in [0.15, 0.2) is 72.8 Å². The van der Waals surface area contributed by atoms with Gasteiger partial charge in [-0.1, -0.05) is 60.7 Å². The molecule has 2 aliphatic carbocycles. The molecule has 1 aliphatic heterocycles. The molecule has 1 heterocycles. The fraction of sp³-hybridized carbons (Fsp3) is 0.222. The lowest BCUT2D eigenvalue weighted by Crippen LogP contribution is -2.63. The summed E-state index contributed by atoms with van der Waals surface area (Å²) < 4.78 is 0. The first kappa shape index (κ1) is 20.6. The van der Waals surface area contributed by atoms with Crippen molar-refractivity contribution < 1.29 is 19.3 Å². The number of likely N-dealkylation sites (tertiary alicyclic amines) is 1. The van der Waals surface area contributed by atoms with Crippen LogP contribution in [0.2, 0.25) is 0 Å². The lowest BCUT2D eigenvalue weighted by molar-refractivity contribution is -0.384. The van der Waals surface area contributed by atoms with Gasteiger partial charge < -0.3 is 0 Å². The number of carbonyl (C=O) groups excluding carboxylic acids is 3. The molecule has 3 aromatic carbocycles. The van der Waals surface area contributed by atoms with E-state index in [0.717, 1.165) is 5.56 Å². The third kappa shape index (κ3) is 2.22. The van der Waals surface area contributed by atoms with E-state index in [4.69, 9.17) is 0 Å². The number of hydrogen-bond acceptors (Lipinski definition) is 6. The number of nitrogens with zero attached hydrogens (tertiary/aromatic N) is 2. The third-order valence-corrected chi connectivity index (χ3v) is 7.96. The Kier molecular flexibility index (Phi) is 4.11. The normalized spacial score (nSPS) is 24.7. The molecule has 2 unspecified atom stereocenters. The lowest BCUT2D eigenvalue weighted by Gasteiger charge is -2.42. The van der Waals surface area contributed by atoms with Crippen molar-refractivity contribution >= 4 is 23.0 Å². The van der Waals surface area contributed by atoms with E-state index in [0.29, 0.717) is 22.3 Å². The van der Waals surface area contributed by atoms with E-state index in [-0.39, 0.29) is 36.0 Å². The smallest absolute Gasteiger partial charge is 0.269 e. The van der Waals surface area contributed by atoms with Crippen molar-refractivity contribution in [1.82, 2.24) is 4.90 Å². The minimum atomic E-state index is -1.71. The fourth-order valence-corrected chi connectivity index (χ4v) is 6.62. The van der Waals surface area contributed by atoms with Crippen LogP contribution in [0.5, 0.6) is 0 Å². The average molecular weight is 452 g/mol. The summed E-state index contributed by atoms with van der Waals surface area (Å²) in [7, 11) is 1.71. The van der Waals surface area contributed by atoms with Crippen LogP contribution >= 0.6 is 0 Å². The van der Waals surface area contributed by atoms with Crippen molar-refractivity contribution in [2.45, 2.75) is 17.9 Å². The van der Waals surface area contributed by atoms with Gasteiger partial charge in [0.25, 0.3) is 5.69 Å². The number of nitro groups is 1. The molecule has 1 fully saturated rings. The van der Waals surface area contributed by atoms with Crippen LogP contribution in [0.4, 0.5) is 5.69 Å². The van der Waals surface area contributed by atoms with Crippen molar-refractivity contribution in [2.24, 2.45) is 5.41 Å². The summed E-state index contributed by atoms with van der Waals surface area (Å²) in [6, 6.07) is 20.1. The molecule has 0 radical (unpaired) electrons. The topological polar surface area (TPSA) is 97.6 Å². The summed E-state index contributed by atoms with van der Waals surface area (Å²) in [6.45, 7) is 0.242. The van der Waals surface area contributed by atoms with E-state index in [2.05, 4.69) is 0 Å². The molecule has 2 atom stereocenters. The van der Waals surface area contributed by atoms with E-state index in [1.165, 1.54) is 12.1 Å². The number of benzene rings is 3. The van der Waals surface area contributed by atoms with Gasteiger partial charge in [0.2, 0.25) is 0 Å². The molecule has 0 saturated carbocycles. The van der Waals surface area contributed by atoms with Gasteiger partial charge in [-0.05, 0) is 24.6 Å².